The lowest BCUT2D eigenvalue weighted by molar-refractivity contribution is 0.0887. The van der Waals surface area contributed by atoms with Crippen molar-refractivity contribution in [1.82, 2.24) is 15.5 Å². The maximum atomic E-state index is 12.1. The third kappa shape index (κ3) is 2.98. The van der Waals surface area contributed by atoms with Gasteiger partial charge in [-0.1, -0.05) is 20.8 Å². The van der Waals surface area contributed by atoms with Gasteiger partial charge in [0.05, 0.1) is 5.69 Å². The molecule has 1 amide bonds. The first-order valence-electron chi connectivity index (χ1n) is 6.54. The Bertz CT molecular complexity index is 618. The topological polar surface area (TPSA) is 91.9 Å². The smallest absolute Gasteiger partial charge is 0.273 e. The molecule has 1 aliphatic rings. The Morgan fingerprint density at radius 3 is 2.50 bits per heavy atom. The summed E-state index contributed by atoms with van der Waals surface area (Å²) in [5, 5.41) is 9.22. The third-order valence-electron chi connectivity index (χ3n) is 3.49. The van der Waals surface area contributed by atoms with E-state index in [1.165, 1.54) is 0 Å². The van der Waals surface area contributed by atoms with Gasteiger partial charge in [-0.15, -0.1) is 0 Å². The molecule has 1 saturated carbocycles. The van der Waals surface area contributed by atoms with Crippen molar-refractivity contribution < 1.29 is 13.2 Å². The Morgan fingerprint density at radius 1 is 1.45 bits per heavy atom. The van der Waals surface area contributed by atoms with E-state index >= 15 is 0 Å². The predicted octanol–water partition coefficient (Wildman–Crippen LogP) is 1.99. The van der Waals surface area contributed by atoms with Crippen LogP contribution in [0.15, 0.2) is 4.90 Å². The minimum Gasteiger partial charge on any atom is -0.348 e. The largest absolute Gasteiger partial charge is 0.348 e. The highest BCUT2D eigenvalue weighted by Gasteiger charge is 2.32. The Kier molecular flexibility index (Phi) is 4.11. The fourth-order valence-corrected chi connectivity index (χ4v) is 3.79. The molecule has 0 aromatic carbocycles. The van der Waals surface area contributed by atoms with Gasteiger partial charge in [0.1, 0.15) is 4.90 Å². The molecule has 2 rings (SSSR count). The number of rotatable bonds is 4. The van der Waals surface area contributed by atoms with Crippen LogP contribution in [0.2, 0.25) is 0 Å². The van der Waals surface area contributed by atoms with Gasteiger partial charge in [-0.2, -0.15) is 5.10 Å². The molecular weight excluding hydrogens is 302 g/mol. The zero-order chi connectivity index (χ0) is 15.1. The van der Waals surface area contributed by atoms with E-state index in [-0.39, 0.29) is 22.5 Å². The molecule has 1 aromatic heterocycles. The molecule has 1 heterocycles. The molecule has 0 spiro atoms. The number of nitrogens with zero attached hydrogens (tertiary/aromatic N) is 1. The number of halogens is 1. The molecule has 0 bridgehead atoms. The molecule has 0 unspecified atom stereocenters. The highest BCUT2D eigenvalue weighted by atomic mass is 35.7. The minimum atomic E-state index is -4.03. The van der Waals surface area contributed by atoms with E-state index in [0.29, 0.717) is 11.6 Å². The molecule has 1 aromatic rings. The van der Waals surface area contributed by atoms with E-state index in [4.69, 9.17) is 10.7 Å². The summed E-state index contributed by atoms with van der Waals surface area (Å²) in [7, 11) is 1.41. The predicted molar refractivity (Wildman–Crippen MR) is 75.4 cm³/mol. The average Bonchev–Trinajstić information content (AvgIpc) is 2.70. The van der Waals surface area contributed by atoms with Crippen LogP contribution in [0.5, 0.6) is 0 Å². The molecule has 0 radical (unpaired) electrons. The zero-order valence-corrected chi connectivity index (χ0v) is 13.2. The quantitative estimate of drug-likeness (QED) is 0.830. The fourth-order valence-electron chi connectivity index (χ4n) is 2.41. The first-order valence-corrected chi connectivity index (χ1v) is 8.84. The van der Waals surface area contributed by atoms with Crippen LogP contribution < -0.4 is 5.32 Å². The van der Waals surface area contributed by atoms with E-state index in [2.05, 4.69) is 22.4 Å². The maximum absolute atomic E-state index is 12.1. The summed E-state index contributed by atoms with van der Waals surface area (Å²) in [5.41, 5.74) is 0.204. The second kappa shape index (κ2) is 5.37. The van der Waals surface area contributed by atoms with E-state index in [9.17, 15) is 13.2 Å². The van der Waals surface area contributed by atoms with E-state index < -0.39 is 15.0 Å². The van der Waals surface area contributed by atoms with Crippen LogP contribution in [0.4, 0.5) is 0 Å². The Balaban J connectivity index is 2.30. The van der Waals surface area contributed by atoms with Gasteiger partial charge in [-0.05, 0) is 24.7 Å². The molecule has 1 fully saturated rings. The van der Waals surface area contributed by atoms with Crippen molar-refractivity contribution in [2.75, 3.05) is 0 Å². The third-order valence-corrected chi connectivity index (χ3v) is 4.86. The summed E-state index contributed by atoms with van der Waals surface area (Å²) in [4.78, 5) is 11.9. The minimum absolute atomic E-state index is 0.0857. The Morgan fingerprint density at radius 2 is 2.05 bits per heavy atom. The summed E-state index contributed by atoms with van der Waals surface area (Å²) in [6.45, 7) is 5.70. The summed E-state index contributed by atoms with van der Waals surface area (Å²) in [6, 6.07) is 0.0857. The van der Waals surface area contributed by atoms with Crippen LogP contribution in [0.1, 0.15) is 55.7 Å². The van der Waals surface area contributed by atoms with Crippen LogP contribution in [0.3, 0.4) is 0 Å². The van der Waals surface area contributed by atoms with Crippen LogP contribution in [-0.2, 0) is 9.05 Å². The normalized spacial score (nSPS) is 22.6. The molecule has 20 heavy (non-hydrogen) atoms. The highest BCUT2D eigenvalue weighted by Crippen LogP contribution is 2.29. The van der Waals surface area contributed by atoms with E-state index in [1.54, 1.807) is 13.8 Å². The van der Waals surface area contributed by atoms with Crippen LogP contribution >= 0.6 is 10.7 Å². The molecule has 0 aliphatic heterocycles. The first kappa shape index (κ1) is 15.3. The molecule has 112 valence electrons. The fraction of sp³-hybridized carbons (Fsp3) is 0.667. The van der Waals surface area contributed by atoms with Gasteiger partial charge in [0, 0.05) is 16.7 Å². The van der Waals surface area contributed by atoms with Gasteiger partial charge in [-0.25, -0.2) is 8.42 Å². The number of hydrogen-bond donors (Lipinski definition) is 2. The molecule has 6 nitrogen and oxygen atoms in total. The van der Waals surface area contributed by atoms with Crippen molar-refractivity contribution in [1.29, 1.82) is 0 Å². The lowest BCUT2D eigenvalue weighted by atomic mass is 9.82. The highest BCUT2D eigenvalue weighted by molar-refractivity contribution is 8.13. The second-order valence-corrected chi connectivity index (χ2v) is 8.16. The maximum Gasteiger partial charge on any atom is 0.273 e. The van der Waals surface area contributed by atoms with Gasteiger partial charge < -0.3 is 5.32 Å². The van der Waals surface area contributed by atoms with Crippen molar-refractivity contribution in [2.24, 2.45) is 5.92 Å². The molecular formula is C12H18ClN3O3S. The van der Waals surface area contributed by atoms with Crippen molar-refractivity contribution >= 4 is 25.6 Å². The van der Waals surface area contributed by atoms with Gasteiger partial charge in [0.25, 0.3) is 15.0 Å². The van der Waals surface area contributed by atoms with Gasteiger partial charge in [0.2, 0.25) is 0 Å². The van der Waals surface area contributed by atoms with Crippen LogP contribution in [-0.4, -0.2) is 30.6 Å². The summed E-state index contributed by atoms with van der Waals surface area (Å²) in [6.07, 6.45) is 1.80. The van der Waals surface area contributed by atoms with Crippen molar-refractivity contribution in [3.8, 4) is 0 Å². The number of hydrogen-bond acceptors (Lipinski definition) is 4. The molecule has 0 atom stereocenters. The first-order chi connectivity index (χ1) is 9.20. The van der Waals surface area contributed by atoms with Crippen molar-refractivity contribution in [2.45, 2.75) is 50.5 Å². The number of carbonyl (C=O) groups excluding carboxylic acids is 1. The number of amides is 1. The summed E-state index contributed by atoms with van der Waals surface area (Å²) < 4.78 is 23.4. The average molecular weight is 320 g/mol. The van der Waals surface area contributed by atoms with Crippen LogP contribution in [0.25, 0.3) is 0 Å². The Hall–Kier alpha value is -1.08. The van der Waals surface area contributed by atoms with Gasteiger partial charge in [0.15, 0.2) is 5.69 Å². The van der Waals surface area contributed by atoms with E-state index in [1.807, 2.05) is 0 Å². The molecule has 8 heteroatoms. The van der Waals surface area contributed by atoms with Gasteiger partial charge in [-0.3, -0.25) is 9.89 Å². The molecule has 2 N–H and O–H groups in total. The molecule has 0 saturated heterocycles. The number of H-pyrrole nitrogens is 1. The standard InChI is InChI=1S/C12H18ClN3O3S/c1-6(2)9-11(20(13,18)19)10(16-15-9)12(17)14-8-4-7(3)5-8/h6-8H,4-5H2,1-3H3,(H,14,17)(H,15,16). The number of carbonyl (C=O) groups is 1. The summed E-state index contributed by atoms with van der Waals surface area (Å²) in [5.74, 6) is -0.0393. The van der Waals surface area contributed by atoms with Crippen molar-refractivity contribution in [3.05, 3.63) is 11.4 Å². The monoisotopic (exact) mass is 319 g/mol. The molecule has 1 aliphatic carbocycles. The lowest BCUT2D eigenvalue weighted by Crippen LogP contribution is -2.43. The SMILES string of the molecule is CC1CC(NC(=O)c2n[nH]c(C(C)C)c2S(=O)(=O)Cl)C1. The number of nitrogens with one attached hydrogen (secondary N) is 2. The second-order valence-electron chi connectivity index (χ2n) is 5.65. The number of aromatic nitrogens is 2. The summed E-state index contributed by atoms with van der Waals surface area (Å²) >= 11 is 0. The van der Waals surface area contributed by atoms with Crippen molar-refractivity contribution in [3.63, 3.8) is 0 Å². The number of aromatic amines is 1. The van der Waals surface area contributed by atoms with E-state index in [0.717, 1.165) is 12.8 Å². The zero-order valence-electron chi connectivity index (χ0n) is 11.6. The van der Waals surface area contributed by atoms with Gasteiger partial charge >= 0.3 is 0 Å². The Labute approximate surface area is 122 Å². The van der Waals surface area contributed by atoms with Crippen LogP contribution in [0, 0.1) is 5.92 Å². The lowest BCUT2D eigenvalue weighted by Gasteiger charge is -2.33.